The van der Waals surface area contributed by atoms with Crippen molar-refractivity contribution in [1.29, 1.82) is 0 Å². The van der Waals surface area contributed by atoms with Crippen LogP contribution in [0.2, 0.25) is 0 Å². The molecular weight excluding hydrogens is 482 g/mol. The van der Waals surface area contributed by atoms with Crippen LogP contribution in [0.15, 0.2) is 24.0 Å². The van der Waals surface area contributed by atoms with Crippen molar-refractivity contribution in [1.82, 2.24) is 4.90 Å². The molecule has 1 saturated heterocycles. The van der Waals surface area contributed by atoms with Gasteiger partial charge in [-0.25, -0.2) is 4.79 Å². The van der Waals surface area contributed by atoms with Gasteiger partial charge in [0.25, 0.3) is 0 Å². The number of carbonyl (C=O) groups excluding carboxylic acids is 2. The Hall–Kier alpha value is -2.82. The summed E-state index contributed by atoms with van der Waals surface area (Å²) < 4.78 is 27.9. The zero-order valence-electron chi connectivity index (χ0n) is 21.7. The van der Waals surface area contributed by atoms with Crippen molar-refractivity contribution < 1.29 is 43.5 Å². The van der Waals surface area contributed by atoms with E-state index in [0.717, 1.165) is 43.5 Å². The maximum absolute atomic E-state index is 13.6. The molecule has 0 radical (unpaired) electrons. The molecule has 10 nitrogen and oxygen atoms in total. The second-order valence-electron chi connectivity index (χ2n) is 11.1. The highest BCUT2D eigenvalue weighted by molar-refractivity contribution is 5.86. The first-order valence-corrected chi connectivity index (χ1v) is 12.7. The molecule has 0 aromatic heterocycles. The molecule has 4 atom stereocenters. The molecule has 3 heterocycles. The van der Waals surface area contributed by atoms with Gasteiger partial charge in [0.2, 0.25) is 6.79 Å². The normalized spacial score (nSPS) is 27.8. The largest absolute Gasteiger partial charge is 0.497 e. The monoisotopic (exact) mass is 517 g/mol. The maximum Gasteiger partial charge on any atom is 0.339 e. The Kier molecular flexibility index (Phi) is 6.40. The number of aliphatic hydroxyl groups is 2. The molecule has 1 fully saturated rings. The van der Waals surface area contributed by atoms with Crippen LogP contribution in [0.1, 0.15) is 56.6 Å². The van der Waals surface area contributed by atoms with Crippen molar-refractivity contribution in [2.24, 2.45) is 0 Å². The number of hydrogen-bond donors (Lipinski definition) is 2. The molecule has 10 heteroatoms. The molecule has 0 unspecified atom stereocenters. The highest BCUT2D eigenvalue weighted by Gasteiger charge is 2.59. The van der Waals surface area contributed by atoms with Crippen LogP contribution in [-0.4, -0.2) is 84.0 Å². The molecule has 0 saturated carbocycles. The predicted octanol–water partition coefficient (Wildman–Crippen LogP) is 1.80. The van der Waals surface area contributed by atoms with E-state index in [1.54, 1.807) is 0 Å². The molecule has 1 aromatic rings. The molecule has 202 valence electrons. The Morgan fingerprint density at radius 1 is 1.16 bits per heavy atom. The molecule has 0 bridgehead atoms. The number of hydrogen-bond acceptors (Lipinski definition) is 10. The Morgan fingerprint density at radius 2 is 1.89 bits per heavy atom. The van der Waals surface area contributed by atoms with Crippen LogP contribution in [0.4, 0.5) is 0 Å². The summed E-state index contributed by atoms with van der Waals surface area (Å²) in [5.74, 6) is -0.311. The van der Waals surface area contributed by atoms with Crippen molar-refractivity contribution in [2.45, 2.75) is 74.7 Å². The van der Waals surface area contributed by atoms with Gasteiger partial charge in [-0.05, 0) is 69.0 Å². The number of methoxy groups -OCH3 is 2. The van der Waals surface area contributed by atoms with E-state index in [4.69, 9.17) is 23.7 Å². The number of benzene rings is 1. The quantitative estimate of drug-likeness (QED) is 0.518. The fourth-order valence-corrected chi connectivity index (χ4v) is 6.55. The highest BCUT2D eigenvalue weighted by atomic mass is 16.7. The van der Waals surface area contributed by atoms with E-state index in [0.29, 0.717) is 17.3 Å². The first kappa shape index (κ1) is 25.8. The molecule has 1 aliphatic carbocycles. The molecule has 1 aromatic carbocycles. The van der Waals surface area contributed by atoms with Crippen LogP contribution >= 0.6 is 0 Å². The van der Waals surface area contributed by atoms with Gasteiger partial charge in [0.1, 0.15) is 5.76 Å². The summed E-state index contributed by atoms with van der Waals surface area (Å²) in [7, 11) is 2.71. The van der Waals surface area contributed by atoms with E-state index in [1.165, 1.54) is 28.1 Å². The fraction of sp³-hybridized carbons (Fsp3) is 0.630. The minimum atomic E-state index is -2.29. The van der Waals surface area contributed by atoms with E-state index in [9.17, 15) is 19.8 Å². The van der Waals surface area contributed by atoms with Gasteiger partial charge in [-0.1, -0.05) is 0 Å². The van der Waals surface area contributed by atoms with Crippen molar-refractivity contribution in [3.05, 3.63) is 35.1 Å². The first-order chi connectivity index (χ1) is 17.5. The van der Waals surface area contributed by atoms with Gasteiger partial charge in [-0.15, -0.1) is 0 Å². The SMILES string of the molecule is COC(=O)C[C@](O)(CC(C)(C)O)C(=O)O[C@@H]1C(OC)=C[C@]23CCCN2CCc2cc4c(cc2[C@H]13)OCO4. The first-order valence-electron chi connectivity index (χ1n) is 12.7. The zero-order valence-corrected chi connectivity index (χ0v) is 21.7. The number of esters is 2. The van der Waals surface area contributed by atoms with E-state index >= 15 is 0 Å². The van der Waals surface area contributed by atoms with Crippen LogP contribution in [0.3, 0.4) is 0 Å². The Labute approximate surface area is 216 Å². The molecule has 0 amide bonds. The standard InChI is InChI=1S/C27H35NO9/c1-25(2,31)14-27(32,13-21(29)34-4)24(30)37-23-20(33-3)12-26-7-5-8-28(26)9-6-16-10-18-19(36-15-35-18)11-17(16)22(23)26/h10-12,22-23,31-32H,5-9,13-15H2,1-4H3/t22-,23-,26+,27+/m1/s1. The van der Waals surface area contributed by atoms with Gasteiger partial charge < -0.3 is 33.9 Å². The number of carbonyl (C=O) groups is 2. The van der Waals surface area contributed by atoms with Crippen LogP contribution in [-0.2, 0) is 30.2 Å². The third kappa shape index (κ3) is 4.45. The topological polar surface area (TPSA) is 124 Å². The lowest BCUT2D eigenvalue weighted by molar-refractivity contribution is -0.183. The summed E-state index contributed by atoms with van der Waals surface area (Å²) in [6, 6.07) is 3.97. The summed E-state index contributed by atoms with van der Waals surface area (Å²) in [5, 5.41) is 21.8. The highest BCUT2D eigenvalue weighted by Crippen LogP contribution is 2.55. The number of rotatable bonds is 7. The Bertz CT molecular complexity index is 1130. The van der Waals surface area contributed by atoms with Gasteiger partial charge in [0.05, 0.1) is 37.7 Å². The average Bonchev–Trinajstić information content (AvgIpc) is 3.51. The molecule has 3 aliphatic heterocycles. The molecule has 37 heavy (non-hydrogen) atoms. The predicted molar refractivity (Wildman–Crippen MR) is 130 cm³/mol. The van der Waals surface area contributed by atoms with Crippen molar-refractivity contribution in [3.63, 3.8) is 0 Å². The van der Waals surface area contributed by atoms with E-state index in [-0.39, 0.29) is 12.7 Å². The molecule has 4 aliphatic rings. The third-order valence-corrected chi connectivity index (χ3v) is 7.97. The van der Waals surface area contributed by atoms with Crippen molar-refractivity contribution in [2.75, 3.05) is 34.1 Å². The van der Waals surface area contributed by atoms with Gasteiger partial charge in [0.15, 0.2) is 23.2 Å². The van der Waals surface area contributed by atoms with Crippen LogP contribution < -0.4 is 9.47 Å². The van der Waals surface area contributed by atoms with Crippen molar-refractivity contribution in [3.8, 4) is 11.5 Å². The lowest BCUT2D eigenvalue weighted by Gasteiger charge is -2.40. The van der Waals surface area contributed by atoms with Crippen LogP contribution in [0.5, 0.6) is 11.5 Å². The van der Waals surface area contributed by atoms with E-state index < -0.39 is 47.6 Å². The summed E-state index contributed by atoms with van der Waals surface area (Å²) in [6.07, 6.45) is 2.76. The average molecular weight is 518 g/mol. The third-order valence-electron chi connectivity index (χ3n) is 7.97. The molecular formula is C27H35NO9. The molecule has 5 rings (SSSR count). The lowest BCUT2D eigenvalue weighted by atomic mass is 9.77. The van der Waals surface area contributed by atoms with Crippen LogP contribution in [0, 0.1) is 0 Å². The van der Waals surface area contributed by atoms with E-state index in [2.05, 4.69) is 11.0 Å². The maximum atomic E-state index is 13.6. The second kappa shape index (κ2) is 9.18. The summed E-state index contributed by atoms with van der Waals surface area (Å²) in [5.41, 5.74) is -2.12. The van der Waals surface area contributed by atoms with Crippen molar-refractivity contribution >= 4 is 11.9 Å². The number of ether oxygens (including phenoxy) is 5. The van der Waals surface area contributed by atoms with Crippen LogP contribution in [0.25, 0.3) is 0 Å². The fourth-order valence-electron chi connectivity index (χ4n) is 6.55. The van der Waals surface area contributed by atoms with Gasteiger partial charge in [-0.3, -0.25) is 9.69 Å². The summed E-state index contributed by atoms with van der Waals surface area (Å²) in [6.45, 7) is 4.78. The lowest BCUT2D eigenvalue weighted by Crippen LogP contribution is -2.51. The summed E-state index contributed by atoms with van der Waals surface area (Å²) >= 11 is 0. The van der Waals surface area contributed by atoms with Gasteiger partial charge in [0, 0.05) is 13.0 Å². The summed E-state index contributed by atoms with van der Waals surface area (Å²) in [4.78, 5) is 28.2. The second-order valence-corrected chi connectivity index (χ2v) is 11.1. The Morgan fingerprint density at radius 3 is 2.57 bits per heavy atom. The van der Waals surface area contributed by atoms with E-state index in [1.807, 2.05) is 12.1 Å². The minimum Gasteiger partial charge on any atom is -0.497 e. The zero-order chi connectivity index (χ0) is 26.6. The van der Waals surface area contributed by atoms with Gasteiger partial charge in [-0.2, -0.15) is 0 Å². The number of nitrogens with zero attached hydrogens (tertiary/aromatic N) is 1. The smallest absolute Gasteiger partial charge is 0.339 e. The number of fused-ring (bicyclic) bond motifs is 3. The molecule has 1 spiro atoms. The Balaban J connectivity index is 1.56. The van der Waals surface area contributed by atoms with Gasteiger partial charge >= 0.3 is 11.9 Å². The molecule has 2 N–H and O–H groups in total. The minimum absolute atomic E-state index is 0.150.